The quantitative estimate of drug-likeness (QED) is 0.669. The first-order valence-electron chi connectivity index (χ1n) is 6.71. The molecule has 2 N–H and O–H groups in total. The van der Waals surface area contributed by atoms with Crippen LogP contribution < -0.4 is 4.72 Å². The molecule has 0 radical (unpaired) electrons. The summed E-state index contributed by atoms with van der Waals surface area (Å²) in [6, 6.07) is 0. The number of esters is 1. The van der Waals surface area contributed by atoms with Crippen LogP contribution in [-0.2, 0) is 19.6 Å². The fourth-order valence-electron chi connectivity index (χ4n) is 2.35. The largest absolute Gasteiger partial charge is 0.466 e. The van der Waals surface area contributed by atoms with Gasteiger partial charge in [0.1, 0.15) is 0 Å². The second-order valence-corrected chi connectivity index (χ2v) is 6.82. The van der Waals surface area contributed by atoms with E-state index in [1.165, 1.54) is 0 Å². The minimum absolute atomic E-state index is 0.162. The molecule has 1 aliphatic rings. The topological polar surface area (TPSA) is 92.7 Å². The number of carbonyl (C=O) groups is 1. The Bertz CT molecular complexity index is 387. The summed E-state index contributed by atoms with van der Waals surface area (Å²) >= 11 is 0. The molecule has 112 valence electrons. The number of rotatable bonds is 7. The van der Waals surface area contributed by atoms with Crippen LogP contribution in [0.15, 0.2) is 0 Å². The van der Waals surface area contributed by atoms with E-state index in [9.17, 15) is 18.3 Å². The molecular weight excluding hydrogens is 270 g/mol. The molecule has 7 heteroatoms. The first-order valence-corrected chi connectivity index (χ1v) is 8.36. The molecule has 1 fully saturated rings. The highest BCUT2D eigenvalue weighted by Gasteiger charge is 2.35. The molecule has 19 heavy (non-hydrogen) atoms. The third-order valence-corrected chi connectivity index (χ3v) is 4.85. The van der Waals surface area contributed by atoms with Crippen LogP contribution in [-0.4, -0.2) is 44.0 Å². The SMILES string of the molecule is CCOC(=O)CCS(=O)(=O)NC1(CO)CCCCC1. The summed E-state index contributed by atoms with van der Waals surface area (Å²) in [4.78, 5) is 11.2. The minimum atomic E-state index is -3.58. The smallest absolute Gasteiger partial charge is 0.306 e. The average Bonchev–Trinajstić information content (AvgIpc) is 2.37. The molecule has 0 unspecified atom stereocenters. The standard InChI is InChI=1S/C12H23NO5S/c1-2-18-11(15)6-9-19(16,17)13-12(10-14)7-4-3-5-8-12/h13-14H,2-10H2,1H3. The lowest BCUT2D eigenvalue weighted by Gasteiger charge is -2.36. The first-order chi connectivity index (χ1) is 8.93. The molecule has 0 amide bonds. The van der Waals surface area contributed by atoms with Gasteiger partial charge in [-0.2, -0.15) is 0 Å². The van der Waals surface area contributed by atoms with Crippen molar-refractivity contribution < 1.29 is 23.1 Å². The van der Waals surface area contributed by atoms with Gasteiger partial charge in [-0.3, -0.25) is 4.79 Å². The second-order valence-electron chi connectivity index (χ2n) is 4.98. The third-order valence-electron chi connectivity index (χ3n) is 3.37. The molecule has 1 rings (SSSR count). The van der Waals surface area contributed by atoms with E-state index in [0.29, 0.717) is 12.8 Å². The molecule has 0 spiro atoms. The van der Waals surface area contributed by atoms with Gasteiger partial charge in [-0.1, -0.05) is 19.3 Å². The van der Waals surface area contributed by atoms with E-state index in [0.717, 1.165) is 19.3 Å². The number of hydrogen-bond acceptors (Lipinski definition) is 5. The molecule has 0 aromatic heterocycles. The molecule has 6 nitrogen and oxygen atoms in total. The lowest BCUT2D eigenvalue weighted by atomic mass is 9.83. The Kier molecular flexibility index (Phi) is 6.22. The first kappa shape index (κ1) is 16.4. The van der Waals surface area contributed by atoms with E-state index < -0.39 is 21.5 Å². The van der Waals surface area contributed by atoms with E-state index in [1.807, 2.05) is 0 Å². The fourth-order valence-corrected chi connectivity index (χ4v) is 3.82. The number of hydrogen-bond donors (Lipinski definition) is 2. The summed E-state index contributed by atoms with van der Waals surface area (Å²) in [5, 5.41) is 9.45. The second kappa shape index (κ2) is 7.21. The Hall–Kier alpha value is -0.660. The van der Waals surface area contributed by atoms with Crippen LogP contribution in [0.25, 0.3) is 0 Å². The van der Waals surface area contributed by atoms with Crippen molar-refractivity contribution in [2.75, 3.05) is 19.0 Å². The van der Waals surface area contributed by atoms with Gasteiger partial charge in [-0.05, 0) is 19.8 Å². The summed E-state index contributed by atoms with van der Waals surface area (Å²) in [5.41, 5.74) is -0.744. The maximum Gasteiger partial charge on any atom is 0.306 e. The maximum atomic E-state index is 11.9. The van der Waals surface area contributed by atoms with Crippen LogP contribution in [0.1, 0.15) is 45.4 Å². The Morgan fingerprint density at radius 1 is 1.32 bits per heavy atom. The van der Waals surface area contributed by atoms with E-state index in [4.69, 9.17) is 4.74 Å². The Morgan fingerprint density at radius 3 is 2.47 bits per heavy atom. The molecule has 0 saturated heterocycles. The van der Waals surface area contributed by atoms with Crippen molar-refractivity contribution in [1.29, 1.82) is 0 Å². The van der Waals surface area contributed by atoms with Crippen molar-refractivity contribution in [3.8, 4) is 0 Å². The Morgan fingerprint density at radius 2 is 1.95 bits per heavy atom. The summed E-state index contributed by atoms with van der Waals surface area (Å²) < 4.78 is 31.2. The number of sulfonamides is 1. The van der Waals surface area contributed by atoms with Gasteiger partial charge in [0, 0.05) is 0 Å². The van der Waals surface area contributed by atoms with Gasteiger partial charge < -0.3 is 9.84 Å². The van der Waals surface area contributed by atoms with E-state index in [-0.39, 0.29) is 25.4 Å². The maximum absolute atomic E-state index is 11.9. The summed E-state index contributed by atoms with van der Waals surface area (Å²) in [6.07, 6.45) is 3.99. The number of aliphatic hydroxyl groups excluding tert-OH is 1. The highest BCUT2D eigenvalue weighted by molar-refractivity contribution is 7.89. The number of nitrogens with one attached hydrogen (secondary N) is 1. The van der Waals surface area contributed by atoms with E-state index in [1.54, 1.807) is 6.92 Å². The van der Waals surface area contributed by atoms with Crippen LogP contribution in [0.2, 0.25) is 0 Å². The summed E-state index contributed by atoms with van der Waals surface area (Å²) in [7, 11) is -3.58. The average molecular weight is 293 g/mol. The van der Waals surface area contributed by atoms with Crippen molar-refractivity contribution >= 4 is 16.0 Å². The molecule has 0 atom stereocenters. The summed E-state index contributed by atoms with van der Waals surface area (Å²) in [6.45, 7) is 1.71. The lowest BCUT2D eigenvalue weighted by Crippen LogP contribution is -2.53. The zero-order chi connectivity index (χ0) is 14.4. The van der Waals surface area contributed by atoms with Crippen molar-refractivity contribution in [1.82, 2.24) is 4.72 Å². The van der Waals surface area contributed by atoms with Crippen LogP contribution in [0.5, 0.6) is 0 Å². The number of ether oxygens (including phenoxy) is 1. The zero-order valence-corrected chi connectivity index (χ0v) is 12.2. The molecule has 1 aliphatic carbocycles. The summed E-state index contributed by atoms with van der Waals surface area (Å²) in [5.74, 6) is -0.817. The van der Waals surface area contributed by atoms with E-state index >= 15 is 0 Å². The van der Waals surface area contributed by atoms with Gasteiger partial charge in [-0.25, -0.2) is 13.1 Å². The lowest BCUT2D eigenvalue weighted by molar-refractivity contribution is -0.142. The highest BCUT2D eigenvalue weighted by Crippen LogP contribution is 2.28. The normalized spacial score (nSPS) is 19.1. The number of carbonyl (C=O) groups excluding carboxylic acids is 1. The molecule has 0 heterocycles. The molecule has 0 aromatic rings. The minimum Gasteiger partial charge on any atom is -0.466 e. The van der Waals surface area contributed by atoms with Gasteiger partial charge in [0.25, 0.3) is 0 Å². The van der Waals surface area contributed by atoms with E-state index in [2.05, 4.69) is 4.72 Å². The fraction of sp³-hybridized carbons (Fsp3) is 0.917. The monoisotopic (exact) mass is 293 g/mol. The van der Waals surface area contributed by atoms with Crippen LogP contribution in [0.3, 0.4) is 0 Å². The van der Waals surface area contributed by atoms with Crippen molar-refractivity contribution in [3.63, 3.8) is 0 Å². The van der Waals surface area contributed by atoms with Gasteiger partial charge in [0.05, 0.1) is 30.9 Å². The highest BCUT2D eigenvalue weighted by atomic mass is 32.2. The molecule has 0 aromatic carbocycles. The van der Waals surface area contributed by atoms with Crippen molar-refractivity contribution in [2.24, 2.45) is 0 Å². The van der Waals surface area contributed by atoms with Gasteiger partial charge in [0.15, 0.2) is 0 Å². The third kappa shape index (κ3) is 5.46. The molecule has 1 saturated carbocycles. The molecule has 0 bridgehead atoms. The Labute approximate surface area is 114 Å². The van der Waals surface area contributed by atoms with Gasteiger partial charge in [0.2, 0.25) is 10.0 Å². The molecule has 0 aliphatic heterocycles. The van der Waals surface area contributed by atoms with Gasteiger partial charge >= 0.3 is 5.97 Å². The van der Waals surface area contributed by atoms with Gasteiger partial charge in [-0.15, -0.1) is 0 Å². The zero-order valence-electron chi connectivity index (χ0n) is 11.4. The van der Waals surface area contributed by atoms with Crippen LogP contribution in [0.4, 0.5) is 0 Å². The van der Waals surface area contributed by atoms with Crippen LogP contribution >= 0.6 is 0 Å². The predicted octanol–water partition coefficient (Wildman–Crippen LogP) is 0.554. The van der Waals surface area contributed by atoms with Crippen molar-refractivity contribution in [2.45, 2.75) is 51.0 Å². The predicted molar refractivity (Wildman–Crippen MR) is 71.1 cm³/mol. The van der Waals surface area contributed by atoms with Crippen LogP contribution in [0, 0.1) is 0 Å². The molecular formula is C12H23NO5S. The number of aliphatic hydroxyl groups is 1. The Balaban J connectivity index is 2.54. The van der Waals surface area contributed by atoms with Crippen molar-refractivity contribution in [3.05, 3.63) is 0 Å².